The molecule has 0 fully saturated rings. The van der Waals surface area contributed by atoms with Crippen molar-refractivity contribution >= 4 is 17.1 Å². The molecule has 1 heterocycles. The summed E-state index contributed by atoms with van der Waals surface area (Å²) in [6.45, 7) is 1.67. The zero-order valence-electron chi connectivity index (χ0n) is 9.57. The molecule has 0 aliphatic rings. The maximum atomic E-state index is 13.1. The van der Waals surface area contributed by atoms with Crippen molar-refractivity contribution in [2.75, 3.05) is 0 Å². The molecule has 1 aromatic carbocycles. The number of halogens is 1. The summed E-state index contributed by atoms with van der Waals surface area (Å²) in [6, 6.07) is 6.55. The first-order valence-corrected chi connectivity index (χ1v) is 6.41. The van der Waals surface area contributed by atoms with Crippen LogP contribution in [0.1, 0.15) is 27.9 Å². The van der Waals surface area contributed by atoms with Crippen LogP contribution in [-0.4, -0.2) is 5.78 Å². The van der Waals surface area contributed by atoms with E-state index in [-0.39, 0.29) is 11.6 Å². The van der Waals surface area contributed by atoms with Gasteiger partial charge in [0.1, 0.15) is 5.82 Å². The Morgan fingerprint density at radius 2 is 2.18 bits per heavy atom. The van der Waals surface area contributed by atoms with E-state index in [1.165, 1.54) is 11.6 Å². The molecular formula is C14H13FOS. The van der Waals surface area contributed by atoms with Gasteiger partial charge in [-0.2, -0.15) is 11.3 Å². The highest BCUT2D eigenvalue weighted by Crippen LogP contribution is 2.14. The first-order chi connectivity index (χ1) is 8.16. The molecule has 0 spiro atoms. The highest BCUT2D eigenvalue weighted by atomic mass is 32.1. The molecule has 3 heteroatoms. The lowest BCUT2D eigenvalue weighted by molar-refractivity contribution is 0.0982. The minimum Gasteiger partial charge on any atom is -0.294 e. The standard InChI is InChI=1S/C14H13FOS/c1-10-8-12(3-4-13(10)15)14(16)5-2-11-6-7-17-9-11/h3-4,6-9H,2,5H2,1H3. The van der Waals surface area contributed by atoms with Gasteiger partial charge in [-0.25, -0.2) is 4.39 Å². The summed E-state index contributed by atoms with van der Waals surface area (Å²) in [5, 5.41) is 4.05. The van der Waals surface area contributed by atoms with Crippen LogP contribution in [0, 0.1) is 12.7 Å². The zero-order chi connectivity index (χ0) is 12.3. The highest BCUT2D eigenvalue weighted by molar-refractivity contribution is 7.07. The van der Waals surface area contributed by atoms with Gasteiger partial charge in [0.05, 0.1) is 0 Å². The summed E-state index contributed by atoms with van der Waals surface area (Å²) in [4.78, 5) is 11.9. The van der Waals surface area contributed by atoms with Crippen molar-refractivity contribution < 1.29 is 9.18 Å². The Hall–Kier alpha value is -1.48. The second-order valence-electron chi connectivity index (χ2n) is 4.02. The quantitative estimate of drug-likeness (QED) is 0.747. The van der Waals surface area contributed by atoms with Gasteiger partial charge in [0.25, 0.3) is 0 Å². The molecule has 0 saturated carbocycles. The van der Waals surface area contributed by atoms with E-state index in [1.54, 1.807) is 30.4 Å². The molecule has 0 radical (unpaired) electrons. The summed E-state index contributed by atoms with van der Waals surface area (Å²) >= 11 is 1.63. The average Bonchev–Trinajstić information content (AvgIpc) is 2.82. The third kappa shape index (κ3) is 3.01. The van der Waals surface area contributed by atoms with Crippen LogP contribution in [0.5, 0.6) is 0 Å². The van der Waals surface area contributed by atoms with Crippen LogP contribution < -0.4 is 0 Å². The lowest BCUT2D eigenvalue weighted by Gasteiger charge is -2.02. The van der Waals surface area contributed by atoms with Crippen LogP contribution in [0.25, 0.3) is 0 Å². The lowest BCUT2D eigenvalue weighted by atomic mass is 10.0. The molecule has 0 aliphatic carbocycles. The second-order valence-corrected chi connectivity index (χ2v) is 4.80. The van der Waals surface area contributed by atoms with Crippen LogP contribution in [0.2, 0.25) is 0 Å². The number of thiophene rings is 1. The number of carbonyl (C=O) groups is 1. The summed E-state index contributed by atoms with van der Waals surface area (Å²) < 4.78 is 13.1. The number of carbonyl (C=O) groups excluding carboxylic acids is 1. The fraction of sp³-hybridized carbons (Fsp3) is 0.214. The normalized spacial score (nSPS) is 10.5. The van der Waals surface area contributed by atoms with Crippen molar-refractivity contribution in [3.63, 3.8) is 0 Å². The molecule has 0 saturated heterocycles. The van der Waals surface area contributed by atoms with Gasteiger partial charge in [0.2, 0.25) is 0 Å². The largest absolute Gasteiger partial charge is 0.294 e. The van der Waals surface area contributed by atoms with E-state index in [0.29, 0.717) is 17.5 Å². The molecule has 0 unspecified atom stereocenters. The maximum Gasteiger partial charge on any atom is 0.163 e. The summed E-state index contributed by atoms with van der Waals surface area (Å²) in [6.07, 6.45) is 1.22. The van der Waals surface area contributed by atoms with Crippen LogP contribution >= 0.6 is 11.3 Å². The number of rotatable bonds is 4. The van der Waals surface area contributed by atoms with Crippen LogP contribution in [0.15, 0.2) is 35.0 Å². The van der Waals surface area contributed by atoms with E-state index >= 15 is 0 Å². The Morgan fingerprint density at radius 3 is 2.82 bits per heavy atom. The Kier molecular flexibility index (Phi) is 3.69. The van der Waals surface area contributed by atoms with Crippen molar-refractivity contribution in [1.29, 1.82) is 0 Å². The molecule has 2 aromatic rings. The summed E-state index contributed by atoms with van der Waals surface area (Å²) in [7, 11) is 0. The number of aryl methyl sites for hydroxylation is 2. The molecule has 0 N–H and O–H groups in total. The van der Waals surface area contributed by atoms with Gasteiger partial charge in [-0.15, -0.1) is 0 Å². The lowest BCUT2D eigenvalue weighted by Crippen LogP contribution is -2.01. The van der Waals surface area contributed by atoms with Gasteiger partial charge in [0, 0.05) is 12.0 Å². The number of hydrogen-bond acceptors (Lipinski definition) is 2. The topological polar surface area (TPSA) is 17.1 Å². The number of benzene rings is 1. The van der Waals surface area contributed by atoms with Crippen molar-refractivity contribution in [3.05, 3.63) is 57.5 Å². The van der Waals surface area contributed by atoms with E-state index in [1.807, 2.05) is 16.8 Å². The van der Waals surface area contributed by atoms with Gasteiger partial charge in [-0.3, -0.25) is 4.79 Å². The van der Waals surface area contributed by atoms with Crippen LogP contribution in [-0.2, 0) is 6.42 Å². The molecule has 0 atom stereocenters. The van der Waals surface area contributed by atoms with Gasteiger partial charge in [-0.1, -0.05) is 0 Å². The van der Waals surface area contributed by atoms with Gasteiger partial charge in [0.15, 0.2) is 5.78 Å². The molecular weight excluding hydrogens is 235 g/mol. The SMILES string of the molecule is Cc1cc(C(=O)CCc2ccsc2)ccc1F. The number of Topliss-reactive ketones (excluding diaryl/α,β-unsaturated/α-hetero) is 1. The van der Waals surface area contributed by atoms with Crippen molar-refractivity contribution in [3.8, 4) is 0 Å². The molecule has 0 bridgehead atoms. The number of ketones is 1. The van der Waals surface area contributed by atoms with Crippen LogP contribution in [0.4, 0.5) is 4.39 Å². The predicted molar refractivity (Wildman–Crippen MR) is 68.1 cm³/mol. The van der Waals surface area contributed by atoms with E-state index in [0.717, 1.165) is 6.42 Å². The van der Waals surface area contributed by atoms with E-state index in [2.05, 4.69) is 0 Å². The molecule has 2 rings (SSSR count). The van der Waals surface area contributed by atoms with Crippen molar-refractivity contribution in [1.82, 2.24) is 0 Å². The van der Waals surface area contributed by atoms with Gasteiger partial charge >= 0.3 is 0 Å². The fourth-order valence-electron chi connectivity index (χ4n) is 1.66. The first kappa shape index (κ1) is 12.0. The Labute approximate surface area is 104 Å². The predicted octanol–water partition coefficient (Wildman–Crippen LogP) is 4.01. The second kappa shape index (κ2) is 5.23. The third-order valence-corrected chi connectivity index (χ3v) is 3.43. The minimum absolute atomic E-state index is 0.0688. The van der Waals surface area contributed by atoms with E-state index in [4.69, 9.17) is 0 Å². The molecule has 88 valence electrons. The van der Waals surface area contributed by atoms with Gasteiger partial charge in [-0.05, 0) is 59.5 Å². The van der Waals surface area contributed by atoms with Crippen molar-refractivity contribution in [2.45, 2.75) is 19.8 Å². The maximum absolute atomic E-state index is 13.1. The van der Waals surface area contributed by atoms with Crippen LogP contribution in [0.3, 0.4) is 0 Å². The summed E-state index contributed by atoms with van der Waals surface area (Å²) in [5.41, 5.74) is 2.30. The summed E-state index contributed by atoms with van der Waals surface area (Å²) in [5.74, 6) is -0.196. The minimum atomic E-state index is -0.264. The Balaban J connectivity index is 2.02. The smallest absolute Gasteiger partial charge is 0.163 e. The number of hydrogen-bond donors (Lipinski definition) is 0. The van der Waals surface area contributed by atoms with E-state index < -0.39 is 0 Å². The van der Waals surface area contributed by atoms with Crippen molar-refractivity contribution in [2.24, 2.45) is 0 Å². The molecule has 1 aromatic heterocycles. The van der Waals surface area contributed by atoms with Gasteiger partial charge < -0.3 is 0 Å². The first-order valence-electron chi connectivity index (χ1n) is 5.47. The Bertz CT molecular complexity index is 517. The highest BCUT2D eigenvalue weighted by Gasteiger charge is 2.08. The molecule has 1 nitrogen and oxygen atoms in total. The average molecular weight is 248 g/mol. The molecule has 0 amide bonds. The zero-order valence-corrected chi connectivity index (χ0v) is 10.4. The third-order valence-electron chi connectivity index (χ3n) is 2.70. The van der Waals surface area contributed by atoms with E-state index in [9.17, 15) is 9.18 Å². The Morgan fingerprint density at radius 1 is 1.35 bits per heavy atom. The molecule has 17 heavy (non-hydrogen) atoms. The monoisotopic (exact) mass is 248 g/mol. The fourth-order valence-corrected chi connectivity index (χ4v) is 2.36. The molecule has 0 aliphatic heterocycles.